The lowest BCUT2D eigenvalue weighted by Crippen LogP contribution is -2.29. The van der Waals surface area contributed by atoms with Gasteiger partial charge in [0.1, 0.15) is 0 Å². The molecule has 570 valence electrons. The van der Waals surface area contributed by atoms with Crippen LogP contribution in [0.2, 0.25) is 0 Å². The second-order valence-electron chi connectivity index (χ2n) is 30.5. The van der Waals surface area contributed by atoms with E-state index in [1.54, 1.807) is 6.07 Å². The Balaban J connectivity index is 0.000000150. The van der Waals surface area contributed by atoms with Crippen molar-refractivity contribution in [1.29, 1.82) is 0 Å². The molecule has 0 saturated carbocycles. The van der Waals surface area contributed by atoms with Gasteiger partial charge in [0.25, 0.3) is 0 Å². The molecular formula is C108H84BBr2N5O2. The number of nitrogens with zero attached hydrogens (tertiary/aromatic N) is 5. The summed E-state index contributed by atoms with van der Waals surface area (Å²) in [6.07, 6.45) is 0. The first-order chi connectivity index (χ1) is 57.7. The van der Waals surface area contributed by atoms with Gasteiger partial charge < -0.3 is 33.5 Å². The van der Waals surface area contributed by atoms with Crippen molar-refractivity contribution in [3.05, 3.63) is 431 Å². The molecule has 0 aliphatic rings. The van der Waals surface area contributed by atoms with Crippen LogP contribution in [-0.2, 0) is 0 Å². The topological polar surface area (TPSA) is 61.7 Å². The second-order valence-corrected chi connectivity index (χ2v) is 32.2. The molecule has 0 atom stereocenters. The van der Waals surface area contributed by atoms with Crippen LogP contribution in [0.1, 0.15) is 33.4 Å². The van der Waals surface area contributed by atoms with Gasteiger partial charge in [-0.05, 0) is 267 Å². The molecule has 0 unspecified atom stereocenters. The van der Waals surface area contributed by atoms with E-state index in [0.717, 1.165) is 81.9 Å². The van der Waals surface area contributed by atoms with Crippen LogP contribution < -0.4 is 15.3 Å². The number of benzene rings is 17. The zero-order chi connectivity index (χ0) is 80.7. The summed E-state index contributed by atoms with van der Waals surface area (Å²) in [5, 5.41) is 25.9. The summed E-state index contributed by atoms with van der Waals surface area (Å²) in [5.74, 6) is 0. The molecule has 20 aromatic rings. The number of hydrogen-bond acceptors (Lipinski definition) is 4. The first kappa shape index (κ1) is 76.0. The standard InChI is InChI=1S/C63H47N3.C27H23Br2N.C18H14BNO2/c1-42-25-32-49(33-26-42)64(50-34-27-43(2)28-35-50)51-36-29-44(3)56(41-51)63-52(45-30-37-61-57(39-45)54-19-10-12-23-59(54)65(61)47-15-6-4-7-16-47)21-14-22-53(63)46-31-38-62-58(40-46)55-20-11-13-24-60(55)66(62)48-17-8-5-9-18-48;1-18-7-12-21(13-8-18)30(22-14-9-19(2)10-15-22)23-16-11-20(3)24(17-23)27-25(28)5-4-6-26(27)29;21-19(22)13-10-11-18-16(12-13)15-8-4-5-9-17(15)20(18)14-6-2-1-3-7-14/h4-41H,1-3H3;4-17H,1-3H3;1-12,21-22H. The molecule has 0 aliphatic heterocycles. The molecule has 118 heavy (non-hydrogen) atoms. The molecule has 0 saturated heterocycles. The van der Waals surface area contributed by atoms with Gasteiger partial charge in [0, 0.05) is 98.0 Å². The van der Waals surface area contributed by atoms with Gasteiger partial charge in [0.15, 0.2) is 0 Å². The van der Waals surface area contributed by atoms with E-state index >= 15 is 0 Å². The minimum Gasteiger partial charge on any atom is -0.423 e. The quantitative estimate of drug-likeness (QED) is 0.107. The third-order valence-electron chi connectivity index (χ3n) is 22.7. The Morgan fingerprint density at radius 3 is 0.890 bits per heavy atom. The number of halogens is 2. The fourth-order valence-electron chi connectivity index (χ4n) is 16.8. The van der Waals surface area contributed by atoms with E-state index in [1.165, 1.54) is 122 Å². The van der Waals surface area contributed by atoms with E-state index in [0.29, 0.717) is 5.46 Å². The average Bonchev–Trinajstić information content (AvgIpc) is 1.54. The Bertz CT molecular complexity index is 6820. The molecule has 0 amide bonds. The highest BCUT2D eigenvalue weighted by molar-refractivity contribution is 9.11. The van der Waals surface area contributed by atoms with Gasteiger partial charge in [-0.15, -0.1) is 0 Å². The Hall–Kier alpha value is -13.3. The van der Waals surface area contributed by atoms with Crippen molar-refractivity contribution < 1.29 is 10.0 Å². The van der Waals surface area contributed by atoms with Crippen LogP contribution in [0.5, 0.6) is 0 Å². The molecule has 17 aromatic carbocycles. The predicted molar refractivity (Wildman–Crippen MR) is 507 cm³/mol. The number of para-hydroxylation sites is 6. The lowest BCUT2D eigenvalue weighted by Gasteiger charge is -2.27. The number of hydrogen-bond donors (Lipinski definition) is 2. The fourth-order valence-corrected chi connectivity index (χ4v) is 18.2. The minimum absolute atomic E-state index is 0.503. The normalized spacial score (nSPS) is 11.3. The first-order valence-electron chi connectivity index (χ1n) is 40.0. The molecule has 20 rings (SSSR count). The van der Waals surface area contributed by atoms with Crippen LogP contribution in [0.15, 0.2) is 397 Å². The number of aromatic nitrogens is 3. The highest BCUT2D eigenvalue weighted by Gasteiger charge is 2.25. The number of rotatable bonds is 14. The van der Waals surface area contributed by atoms with E-state index in [9.17, 15) is 10.0 Å². The molecule has 0 aliphatic carbocycles. The second kappa shape index (κ2) is 32.8. The van der Waals surface area contributed by atoms with Gasteiger partial charge in [-0.2, -0.15) is 0 Å². The van der Waals surface area contributed by atoms with Crippen LogP contribution in [-0.4, -0.2) is 30.9 Å². The maximum absolute atomic E-state index is 9.43. The summed E-state index contributed by atoms with van der Waals surface area (Å²) >= 11 is 7.48. The molecule has 0 bridgehead atoms. The van der Waals surface area contributed by atoms with E-state index in [2.05, 4.69) is 431 Å². The molecule has 7 nitrogen and oxygen atoms in total. The fraction of sp³-hybridized carbons (Fsp3) is 0.0556. The summed E-state index contributed by atoms with van der Waals surface area (Å²) in [6.45, 7) is 13.0. The van der Waals surface area contributed by atoms with Crippen molar-refractivity contribution in [1.82, 2.24) is 13.7 Å². The number of anilines is 6. The third-order valence-corrected chi connectivity index (χ3v) is 24.0. The van der Waals surface area contributed by atoms with Gasteiger partial charge in [0.2, 0.25) is 0 Å². The van der Waals surface area contributed by atoms with Crippen LogP contribution >= 0.6 is 31.9 Å². The van der Waals surface area contributed by atoms with E-state index < -0.39 is 7.12 Å². The highest BCUT2D eigenvalue weighted by Crippen LogP contribution is 2.49. The summed E-state index contributed by atoms with van der Waals surface area (Å²) in [7, 11) is -1.46. The first-order valence-corrected chi connectivity index (χ1v) is 41.6. The van der Waals surface area contributed by atoms with Crippen molar-refractivity contribution in [3.63, 3.8) is 0 Å². The predicted octanol–water partition coefficient (Wildman–Crippen LogP) is 29.0. The van der Waals surface area contributed by atoms with Crippen molar-refractivity contribution in [2.24, 2.45) is 0 Å². The van der Waals surface area contributed by atoms with Gasteiger partial charge in [0.05, 0.1) is 33.1 Å². The monoisotopic (exact) mass is 1650 g/mol. The zero-order valence-corrected chi connectivity index (χ0v) is 69.6. The third kappa shape index (κ3) is 14.7. The molecule has 10 heteroatoms. The van der Waals surface area contributed by atoms with Gasteiger partial charge in [-0.3, -0.25) is 0 Å². The molecule has 0 spiro atoms. The Labute approximate surface area is 705 Å². The molecule has 3 heterocycles. The smallest absolute Gasteiger partial charge is 0.423 e. The van der Waals surface area contributed by atoms with Gasteiger partial charge in [-0.25, -0.2) is 0 Å². The largest absolute Gasteiger partial charge is 0.488 e. The Morgan fingerprint density at radius 2 is 0.534 bits per heavy atom. The van der Waals surface area contributed by atoms with Crippen molar-refractivity contribution in [2.75, 3.05) is 9.80 Å². The highest BCUT2D eigenvalue weighted by atomic mass is 79.9. The molecule has 0 radical (unpaired) electrons. The maximum Gasteiger partial charge on any atom is 0.488 e. The summed E-state index contributed by atoms with van der Waals surface area (Å²) in [5.41, 5.74) is 34.5. The van der Waals surface area contributed by atoms with Crippen LogP contribution in [0.3, 0.4) is 0 Å². The van der Waals surface area contributed by atoms with E-state index in [1.807, 2.05) is 48.5 Å². The van der Waals surface area contributed by atoms with Gasteiger partial charge >= 0.3 is 7.12 Å². The number of fused-ring (bicyclic) bond motifs is 9. The Morgan fingerprint density at radius 1 is 0.237 bits per heavy atom. The van der Waals surface area contributed by atoms with Crippen molar-refractivity contribution in [2.45, 2.75) is 41.5 Å². The maximum atomic E-state index is 9.43. The van der Waals surface area contributed by atoms with Gasteiger partial charge in [-0.1, -0.05) is 273 Å². The van der Waals surface area contributed by atoms with E-state index in [-0.39, 0.29) is 0 Å². The Kier molecular flexibility index (Phi) is 21.1. The SMILES string of the molecule is Cc1ccc(N(c2ccc(C)cc2)c2ccc(C)c(-c3c(-c4ccc5c(c4)c4ccccc4n5-c4ccccc4)cccc3-c3ccc4c(c3)c3ccccc3n4-c3ccccc3)c2)cc1.Cc1ccc(N(c2ccc(C)cc2)c2ccc(C)c(-c3c(Br)cccc3Br)c2)cc1.OB(O)c1ccc2c(c1)c1ccccc1n2-c1ccccc1. The lowest BCUT2D eigenvalue weighted by molar-refractivity contribution is 0.426. The minimum atomic E-state index is -1.46. The summed E-state index contributed by atoms with van der Waals surface area (Å²) in [6, 6.07) is 139. The molecule has 2 N–H and O–H groups in total. The average molecular weight is 1650 g/mol. The van der Waals surface area contributed by atoms with Crippen LogP contribution in [0.25, 0.3) is 127 Å². The zero-order valence-electron chi connectivity index (χ0n) is 66.4. The van der Waals surface area contributed by atoms with Crippen molar-refractivity contribution >= 4 is 144 Å². The lowest BCUT2D eigenvalue weighted by atomic mass is 9.80. The van der Waals surface area contributed by atoms with Crippen molar-refractivity contribution in [3.8, 4) is 61.6 Å². The van der Waals surface area contributed by atoms with Crippen LogP contribution in [0, 0.1) is 41.5 Å². The summed E-state index contributed by atoms with van der Waals surface area (Å²) in [4.78, 5) is 4.70. The molecule has 3 aromatic heterocycles. The molecular weight excluding hydrogens is 1570 g/mol. The summed E-state index contributed by atoms with van der Waals surface area (Å²) < 4.78 is 9.14. The molecule has 0 fully saturated rings. The van der Waals surface area contributed by atoms with E-state index in [4.69, 9.17) is 0 Å². The van der Waals surface area contributed by atoms with Crippen LogP contribution in [0.4, 0.5) is 34.1 Å². The number of aryl methyl sites for hydroxylation is 6.